The average Bonchev–Trinajstić information content (AvgIpc) is 2.40. The van der Waals surface area contributed by atoms with Gasteiger partial charge in [-0.1, -0.05) is 18.2 Å². The normalized spacial score (nSPS) is 9.94. The van der Waals surface area contributed by atoms with E-state index in [2.05, 4.69) is 10.3 Å². The molecule has 0 bridgehead atoms. The molecule has 1 heterocycles. The SMILES string of the molecule is NCc1ccccc1C(=O)Nc1cccnc1. The van der Waals surface area contributed by atoms with Gasteiger partial charge in [0.15, 0.2) is 0 Å². The average molecular weight is 227 g/mol. The molecule has 3 N–H and O–H groups in total. The second-order valence-electron chi connectivity index (χ2n) is 3.56. The summed E-state index contributed by atoms with van der Waals surface area (Å²) in [6.45, 7) is 0.344. The van der Waals surface area contributed by atoms with Crippen LogP contribution in [0.4, 0.5) is 5.69 Å². The van der Waals surface area contributed by atoms with Gasteiger partial charge in [-0.3, -0.25) is 9.78 Å². The molecular weight excluding hydrogens is 214 g/mol. The molecule has 4 nitrogen and oxygen atoms in total. The summed E-state index contributed by atoms with van der Waals surface area (Å²) in [6, 6.07) is 10.8. The van der Waals surface area contributed by atoms with Crippen molar-refractivity contribution in [1.82, 2.24) is 4.98 Å². The summed E-state index contributed by atoms with van der Waals surface area (Å²) in [6.07, 6.45) is 3.26. The van der Waals surface area contributed by atoms with Crippen molar-refractivity contribution in [3.63, 3.8) is 0 Å². The lowest BCUT2D eigenvalue weighted by Gasteiger charge is -2.08. The van der Waals surface area contributed by atoms with Crippen molar-refractivity contribution in [2.45, 2.75) is 6.54 Å². The fraction of sp³-hybridized carbons (Fsp3) is 0.0769. The van der Waals surface area contributed by atoms with Crippen LogP contribution < -0.4 is 11.1 Å². The van der Waals surface area contributed by atoms with E-state index >= 15 is 0 Å². The molecule has 0 fully saturated rings. The topological polar surface area (TPSA) is 68.0 Å². The smallest absolute Gasteiger partial charge is 0.256 e. The number of rotatable bonds is 3. The maximum atomic E-state index is 12.0. The van der Waals surface area contributed by atoms with Crippen LogP contribution in [0.1, 0.15) is 15.9 Å². The predicted molar refractivity (Wildman–Crippen MR) is 66.5 cm³/mol. The van der Waals surface area contributed by atoms with E-state index in [1.165, 1.54) is 0 Å². The zero-order valence-corrected chi connectivity index (χ0v) is 9.26. The van der Waals surface area contributed by atoms with Gasteiger partial charge in [-0.2, -0.15) is 0 Å². The largest absolute Gasteiger partial charge is 0.326 e. The quantitative estimate of drug-likeness (QED) is 0.840. The molecule has 0 unspecified atom stereocenters. The van der Waals surface area contributed by atoms with Gasteiger partial charge in [0.25, 0.3) is 5.91 Å². The molecule has 86 valence electrons. The third-order valence-corrected chi connectivity index (χ3v) is 2.40. The molecule has 0 radical (unpaired) electrons. The number of aromatic nitrogens is 1. The van der Waals surface area contributed by atoms with E-state index in [-0.39, 0.29) is 5.91 Å². The Hall–Kier alpha value is -2.20. The van der Waals surface area contributed by atoms with Crippen LogP contribution in [0, 0.1) is 0 Å². The standard InChI is InChI=1S/C13H13N3O/c14-8-10-4-1-2-6-12(10)13(17)16-11-5-3-7-15-9-11/h1-7,9H,8,14H2,(H,16,17). The van der Waals surface area contributed by atoms with E-state index in [9.17, 15) is 4.79 Å². The van der Waals surface area contributed by atoms with E-state index in [4.69, 9.17) is 5.73 Å². The first-order valence-corrected chi connectivity index (χ1v) is 5.30. The molecule has 0 spiro atoms. The summed E-state index contributed by atoms with van der Waals surface area (Å²) in [5.41, 5.74) is 7.68. The highest BCUT2D eigenvalue weighted by atomic mass is 16.1. The van der Waals surface area contributed by atoms with Crippen molar-refractivity contribution in [1.29, 1.82) is 0 Å². The maximum absolute atomic E-state index is 12.0. The number of nitrogens with two attached hydrogens (primary N) is 1. The van der Waals surface area contributed by atoms with Gasteiger partial charge in [-0.05, 0) is 23.8 Å². The Morgan fingerprint density at radius 3 is 2.76 bits per heavy atom. The molecule has 17 heavy (non-hydrogen) atoms. The van der Waals surface area contributed by atoms with Crippen LogP contribution in [0.25, 0.3) is 0 Å². The number of carbonyl (C=O) groups excluding carboxylic acids is 1. The zero-order valence-electron chi connectivity index (χ0n) is 9.26. The Bertz CT molecular complexity index is 511. The molecule has 2 rings (SSSR count). The Morgan fingerprint density at radius 1 is 1.24 bits per heavy atom. The fourth-order valence-corrected chi connectivity index (χ4v) is 1.55. The molecule has 0 aliphatic rings. The molecule has 0 saturated carbocycles. The van der Waals surface area contributed by atoms with Crippen LogP contribution in [0.3, 0.4) is 0 Å². The maximum Gasteiger partial charge on any atom is 0.256 e. The molecule has 4 heteroatoms. The van der Waals surface area contributed by atoms with Crippen molar-refractivity contribution < 1.29 is 4.79 Å². The minimum Gasteiger partial charge on any atom is -0.326 e. The van der Waals surface area contributed by atoms with Crippen molar-refractivity contribution in [3.05, 3.63) is 59.9 Å². The summed E-state index contributed by atoms with van der Waals surface area (Å²) in [4.78, 5) is 15.9. The van der Waals surface area contributed by atoms with E-state index < -0.39 is 0 Å². The summed E-state index contributed by atoms with van der Waals surface area (Å²) >= 11 is 0. The third kappa shape index (κ3) is 2.68. The van der Waals surface area contributed by atoms with Crippen LogP contribution in [-0.4, -0.2) is 10.9 Å². The van der Waals surface area contributed by atoms with Gasteiger partial charge < -0.3 is 11.1 Å². The lowest BCUT2D eigenvalue weighted by Crippen LogP contribution is -2.15. The van der Waals surface area contributed by atoms with Crippen LogP contribution in [0.2, 0.25) is 0 Å². The second kappa shape index (κ2) is 5.23. The first-order chi connectivity index (χ1) is 8.31. The molecule has 0 saturated heterocycles. The minimum atomic E-state index is -0.168. The van der Waals surface area contributed by atoms with Crippen LogP contribution in [0.5, 0.6) is 0 Å². The first kappa shape index (κ1) is 11.3. The first-order valence-electron chi connectivity index (χ1n) is 5.30. The number of nitrogens with zero attached hydrogens (tertiary/aromatic N) is 1. The third-order valence-electron chi connectivity index (χ3n) is 2.40. The Morgan fingerprint density at radius 2 is 2.06 bits per heavy atom. The molecule has 0 aliphatic carbocycles. The lowest BCUT2D eigenvalue weighted by atomic mass is 10.1. The van der Waals surface area contributed by atoms with Crippen molar-refractivity contribution in [2.75, 3.05) is 5.32 Å². The lowest BCUT2D eigenvalue weighted by molar-refractivity contribution is 0.102. The number of carbonyl (C=O) groups is 1. The summed E-state index contributed by atoms with van der Waals surface area (Å²) in [7, 11) is 0. The van der Waals surface area contributed by atoms with Gasteiger partial charge in [-0.25, -0.2) is 0 Å². The number of hydrogen-bond acceptors (Lipinski definition) is 3. The number of benzene rings is 1. The van der Waals surface area contributed by atoms with Crippen LogP contribution in [-0.2, 0) is 6.54 Å². The number of nitrogens with one attached hydrogen (secondary N) is 1. The predicted octanol–water partition coefficient (Wildman–Crippen LogP) is 1.79. The van der Waals surface area contributed by atoms with Gasteiger partial charge in [0, 0.05) is 18.3 Å². The van der Waals surface area contributed by atoms with Crippen molar-refractivity contribution in [2.24, 2.45) is 5.73 Å². The van der Waals surface area contributed by atoms with Crippen molar-refractivity contribution >= 4 is 11.6 Å². The number of pyridine rings is 1. The van der Waals surface area contributed by atoms with Gasteiger partial charge in [0.05, 0.1) is 11.9 Å². The fourth-order valence-electron chi connectivity index (χ4n) is 1.55. The second-order valence-corrected chi connectivity index (χ2v) is 3.56. The summed E-state index contributed by atoms with van der Waals surface area (Å²) < 4.78 is 0. The van der Waals surface area contributed by atoms with Gasteiger partial charge in [0.2, 0.25) is 0 Å². The van der Waals surface area contributed by atoms with E-state index in [0.29, 0.717) is 17.8 Å². The van der Waals surface area contributed by atoms with Gasteiger partial charge in [0.1, 0.15) is 0 Å². The highest BCUT2D eigenvalue weighted by Crippen LogP contribution is 2.11. The Kier molecular flexibility index (Phi) is 3.47. The molecule has 1 aromatic carbocycles. The van der Waals surface area contributed by atoms with Crippen LogP contribution >= 0.6 is 0 Å². The summed E-state index contributed by atoms with van der Waals surface area (Å²) in [5.74, 6) is -0.168. The zero-order chi connectivity index (χ0) is 12.1. The molecule has 1 aromatic heterocycles. The van der Waals surface area contributed by atoms with Gasteiger partial charge in [-0.15, -0.1) is 0 Å². The highest BCUT2D eigenvalue weighted by molar-refractivity contribution is 6.05. The van der Waals surface area contributed by atoms with Gasteiger partial charge >= 0.3 is 0 Å². The molecule has 0 aliphatic heterocycles. The molecular formula is C13H13N3O. The Balaban J connectivity index is 2.20. The van der Waals surface area contributed by atoms with Crippen LogP contribution in [0.15, 0.2) is 48.8 Å². The summed E-state index contributed by atoms with van der Waals surface area (Å²) in [5, 5.41) is 2.78. The van der Waals surface area contributed by atoms with E-state index in [0.717, 1.165) is 5.56 Å². The van der Waals surface area contributed by atoms with E-state index in [1.807, 2.05) is 18.2 Å². The monoisotopic (exact) mass is 227 g/mol. The molecule has 1 amide bonds. The van der Waals surface area contributed by atoms with Crippen molar-refractivity contribution in [3.8, 4) is 0 Å². The Labute approximate surface area is 99.5 Å². The number of amides is 1. The number of hydrogen-bond donors (Lipinski definition) is 2. The minimum absolute atomic E-state index is 0.168. The van der Waals surface area contributed by atoms with E-state index in [1.54, 1.807) is 30.6 Å². The molecule has 0 atom stereocenters. The highest BCUT2D eigenvalue weighted by Gasteiger charge is 2.09. The number of anilines is 1. The molecule has 2 aromatic rings.